The first-order chi connectivity index (χ1) is 12.5. The van der Waals surface area contributed by atoms with Crippen LogP contribution in [0.15, 0.2) is 36.4 Å². The largest absolute Gasteiger partial charge is 0.399 e. The summed E-state index contributed by atoms with van der Waals surface area (Å²) in [5.41, 5.74) is 9.83. The van der Waals surface area contributed by atoms with Crippen LogP contribution in [-0.4, -0.2) is 29.7 Å². The van der Waals surface area contributed by atoms with Crippen LogP contribution < -0.4 is 11.1 Å². The maximum atomic E-state index is 12.7. The van der Waals surface area contributed by atoms with E-state index in [4.69, 9.17) is 5.73 Å². The van der Waals surface area contributed by atoms with Gasteiger partial charge in [-0.2, -0.15) is 0 Å². The number of nitrogens with zero attached hydrogens (tertiary/aromatic N) is 1. The van der Waals surface area contributed by atoms with Crippen molar-refractivity contribution in [3.8, 4) is 0 Å². The number of nitrogens with two attached hydrogens (primary N) is 1. The van der Waals surface area contributed by atoms with E-state index in [1.54, 1.807) is 12.1 Å². The van der Waals surface area contributed by atoms with E-state index in [1.807, 2.05) is 18.2 Å². The van der Waals surface area contributed by atoms with Gasteiger partial charge in [-0.25, -0.2) is 0 Å². The summed E-state index contributed by atoms with van der Waals surface area (Å²) in [5.74, 6) is -0.967. The predicted octanol–water partition coefficient (Wildman–Crippen LogP) is 2.30. The van der Waals surface area contributed by atoms with Crippen molar-refractivity contribution < 1.29 is 14.4 Å². The fourth-order valence-corrected chi connectivity index (χ4v) is 3.73. The van der Waals surface area contributed by atoms with Crippen LogP contribution in [0.2, 0.25) is 0 Å². The summed E-state index contributed by atoms with van der Waals surface area (Å²) in [6, 6.07) is 10.3. The number of fused-ring (bicyclic) bond motifs is 2. The lowest BCUT2D eigenvalue weighted by Crippen LogP contribution is -2.31. The second kappa shape index (κ2) is 5.98. The Labute approximate surface area is 151 Å². The Morgan fingerprint density at radius 3 is 2.69 bits per heavy atom. The third-order valence-electron chi connectivity index (χ3n) is 5.14. The molecule has 3 amide bonds. The maximum Gasteiger partial charge on any atom is 0.261 e. The quantitative estimate of drug-likeness (QED) is 0.643. The van der Waals surface area contributed by atoms with Gasteiger partial charge in [0.25, 0.3) is 17.7 Å². The summed E-state index contributed by atoms with van der Waals surface area (Å²) in [7, 11) is 1.44. The number of hydrogen-bond donors (Lipinski definition) is 2. The molecule has 0 fully saturated rings. The Balaban J connectivity index is 1.59. The highest BCUT2D eigenvalue weighted by molar-refractivity contribution is 6.21. The number of benzene rings is 2. The monoisotopic (exact) mass is 349 g/mol. The number of carbonyl (C=O) groups excluding carboxylic acids is 3. The minimum absolute atomic E-state index is 0.0832. The minimum atomic E-state index is -0.377. The van der Waals surface area contributed by atoms with Crippen LogP contribution in [-0.2, 0) is 6.42 Å². The van der Waals surface area contributed by atoms with Crippen LogP contribution in [0.4, 0.5) is 5.69 Å². The second-order valence-electron chi connectivity index (χ2n) is 6.81. The standard InChI is InChI=1S/C20H19N3O3/c1-23-19(25)15-7-5-12(10-16(15)20(23)26)18(24)22-17-4-2-3-11-9-13(21)6-8-14(11)17/h5-10,17H,2-4,21H2,1H3,(H,22,24). The first-order valence-electron chi connectivity index (χ1n) is 8.61. The molecule has 0 saturated heterocycles. The average Bonchev–Trinajstić information content (AvgIpc) is 2.85. The molecule has 1 unspecified atom stereocenters. The lowest BCUT2D eigenvalue weighted by molar-refractivity contribution is 0.0693. The van der Waals surface area contributed by atoms with Crippen molar-refractivity contribution in [3.05, 3.63) is 64.2 Å². The number of imide groups is 1. The zero-order chi connectivity index (χ0) is 18.4. The Bertz CT molecular complexity index is 951. The molecule has 1 atom stereocenters. The van der Waals surface area contributed by atoms with Crippen molar-refractivity contribution in [2.45, 2.75) is 25.3 Å². The van der Waals surface area contributed by atoms with Crippen molar-refractivity contribution in [2.24, 2.45) is 0 Å². The first kappa shape index (κ1) is 16.3. The zero-order valence-corrected chi connectivity index (χ0v) is 14.4. The Hall–Kier alpha value is -3.15. The van der Waals surface area contributed by atoms with Crippen LogP contribution in [0.1, 0.15) is 61.1 Å². The molecule has 6 nitrogen and oxygen atoms in total. The fourth-order valence-electron chi connectivity index (χ4n) is 3.73. The SMILES string of the molecule is CN1C(=O)c2ccc(C(=O)NC3CCCc4cc(N)ccc43)cc2C1=O. The van der Waals surface area contributed by atoms with Crippen molar-refractivity contribution in [1.29, 1.82) is 0 Å². The van der Waals surface area contributed by atoms with Crippen molar-refractivity contribution in [1.82, 2.24) is 10.2 Å². The molecule has 6 heteroatoms. The van der Waals surface area contributed by atoms with E-state index < -0.39 is 0 Å². The van der Waals surface area contributed by atoms with Gasteiger partial charge in [0.15, 0.2) is 0 Å². The molecule has 26 heavy (non-hydrogen) atoms. The van der Waals surface area contributed by atoms with Gasteiger partial charge in [0, 0.05) is 18.3 Å². The third-order valence-corrected chi connectivity index (χ3v) is 5.14. The van der Waals surface area contributed by atoms with Gasteiger partial charge in [-0.1, -0.05) is 6.07 Å². The van der Waals surface area contributed by atoms with Crippen molar-refractivity contribution >= 4 is 23.4 Å². The average molecular weight is 349 g/mol. The van der Waals surface area contributed by atoms with Crippen LogP contribution in [0.25, 0.3) is 0 Å². The maximum absolute atomic E-state index is 12.7. The number of amides is 3. The number of aryl methyl sites for hydroxylation is 1. The molecule has 4 rings (SSSR count). The predicted molar refractivity (Wildman–Crippen MR) is 96.9 cm³/mol. The fraction of sp³-hybridized carbons (Fsp3) is 0.250. The minimum Gasteiger partial charge on any atom is -0.399 e. The molecule has 0 spiro atoms. The van der Waals surface area contributed by atoms with E-state index in [1.165, 1.54) is 13.1 Å². The molecule has 1 aliphatic carbocycles. The first-order valence-corrected chi connectivity index (χ1v) is 8.61. The van der Waals surface area contributed by atoms with Crippen LogP contribution >= 0.6 is 0 Å². The highest BCUT2D eigenvalue weighted by atomic mass is 16.2. The Morgan fingerprint density at radius 2 is 1.88 bits per heavy atom. The molecular formula is C20H19N3O3. The number of rotatable bonds is 2. The van der Waals surface area contributed by atoms with Gasteiger partial charge >= 0.3 is 0 Å². The van der Waals surface area contributed by atoms with Crippen LogP contribution in [0, 0.1) is 0 Å². The van der Waals surface area contributed by atoms with E-state index in [0.717, 1.165) is 41.0 Å². The van der Waals surface area contributed by atoms with Crippen molar-refractivity contribution in [3.63, 3.8) is 0 Å². The topological polar surface area (TPSA) is 92.5 Å². The number of nitrogen functional groups attached to an aromatic ring is 1. The molecule has 1 heterocycles. The summed E-state index contributed by atoms with van der Waals surface area (Å²) in [4.78, 5) is 37.9. The molecule has 2 aliphatic rings. The zero-order valence-electron chi connectivity index (χ0n) is 14.4. The third kappa shape index (κ3) is 2.54. The molecule has 0 aromatic heterocycles. The lowest BCUT2D eigenvalue weighted by Gasteiger charge is -2.26. The highest BCUT2D eigenvalue weighted by Crippen LogP contribution is 2.31. The molecule has 132 valence electrons. The molecule has 0 radical (unpaired) electrons. The van der Waals surface area contributed by atoms with Gasteiger partial charge in [0.2, 0.25) is 0 Å². The van der Waals surface area contributed by atoms with Gasteiger partial charge in [-0.3, -0.25) is 19.3 Å². The van der Waals surface area contributed by atoms with Crippen LogP contribution in [0.5, 0.6) is 0 Å². The summed E-state index contributed by atoms with van der Waals surface area (Å²) in [6.07, 6.45) is 2.78. The summed E-state index contributed by atoms with van der Waals surface area (Å²) < 4.78 is 0. The van der Waals surface area contributed by atoms with Gasteiger partial charge in [0.05, 0.1) is 17.2 Å². The normalized spacial score (nSPS) is 18.5. The Morgan fingerprint density at radius 1 is 1.12 bits per heavy atom. The number of carbonyl (C=O) groups is 3. The van der Waals surface area contributed by atoms with E-state index in [9.17, 15) is 14.4 Å². The molecule has 0 bridgehead atoms. The van der Waals surface area contributed by atoms with Crippen molar-refractivity contribution in [2.75, 3.05) is 12.8 Å². The second-order valence-corrected chi connectivity index (χ2v) is 6.81. The number of hydrogen-bond acceptors (Lipinski definition) is 4. The summed E-state index contributed by atoms with van der Waals surface area (Å²) >= 11 is 0. The van der Waals surface area contributed by atoms with Gasteiger partial charge < -0.3 is 11.1 Å². The van der Waals surface area contributed by atoms with E-state index in [2.05, 4.69) is 5.32 Å². The van der Waals surface area contributed by atoms with Gasteiger partial charge in [0.1, 0.15) is 0 Å². The van der Waals surface area contributed by atoms with E-state index in [0.29, 0.717) is 11.1 Å². The molecule has 2 aromatic carbocycles. The number of anilines is 1. The molecule has 2 aromatic rings. The van der Waals surface area contributed by atoms with Crippen LogP contribution in [0.3, 0.4) is 0 Å². The molecule has 3 N–H and O–H groups in total. The van der Waals surface area contributed by atoms with E-state index in [-0.39, 0.29) is 29.3 Å². The van der Waals surface area contributed by atoms with Gasteiger partial charge in [-0.15, -0.1) is 0 Å². The smallest absolute Gasteiger partial charge is 0.261 e. The van der Waals surface area contributed by atoms with Gasteiger partial charge in [-0.05, 0) is 60.7 Å². The van der Waals surface area contributed by atoms with E-state index >= 15 is 0 Å². The summed E-state index contributed by atoms with van der Waals surface area (Å²) in [6.45, 7) is 0. The number of nitrogens with one attached hydrogen (secondary N) is 1. The lowest BCUT2D eigenvalue weighted by atomic mass is 9.87. The highest BCUT2D eigenvalue weighted by Gasteiger charge is 2.33. The molecular weight excluding hydrogens is 330 g/mol. The summed E-state index contributed by atoms with van der Waals surface area (Å²) in [5, 5.41) is 3.05. The Kier molecular flexibility index (Phi) is 3.76. The molecule has 1 aliphatic heterocycles. The molecule has 0 saturated carbocycles.